The molecule has 0 aromatic heterocycles. The molecule has 1 unspecified atom stereocenters. The van der Waals surface area contributed by atoms with Crippen molar-refractivity contribution in [3.8, 4) is 5.75 Å². The Balaban J connectivity index is 2.35. The van der Waals surface area contributed by atoms with E-state index in [-0.39, 0.29) is 0 Å². The third-order valence-corrected chi connectivity index (χ3v) is 3.98. The fraction of sp³-hybridized carbons (Fsp3) is 0.188. The Bertz CT molecular complexity index is 640. The van der Waals surface area contributed by atoms with Gasteiger partial charge in [-0.05, 0) is 47.9 Å². The number of carboxylic acid groups (broad SMARTS) is 1. The van der Waals surface area contributed by atoms with E-state index in [4.69, 9.17) is 16.3 Å². The molecule has 3 nitrogen and oxygen atoms in total. The lowest BCUT2D eigenvalue weighted by Crippen LogP contribution is -2.15. The zero-order chi connectivity index (χ0) is 15.4. The maximum atomic E-state index is 11.6. The number of methoxy groups -OCH3 is 1. The molecule has 0 aliphatic heterocycles. The number of halogens is 2. The van der Waals surface area contributed by atoms with Crippen LogP contribution in [-0.2, 0) is 11.2 Å². The summed E-state index contributed by atoms with van der Waals surface area (Å²) in [4.78, 5) is 11.6. The van der Waals surface area contributed by atoms with Gasteiger partial charge in [-0.3, -0.25) is 4.79 Å². The molecular weight excluding hydrogens is 356 g/mol. The molecule has 0 spiro atoms. The lowest BCUT2D eigenvalue weighted by Gasteiger charge is -2.15. The number of carbonyl (C=O) groups is 1. The van der Waals surface area contributed by atoms with Gasteiger partial charge in [0, 0.05) is 9.50 Å². The minimum absolute atomic E-state index is 0.347. The molecule has 1 N–H and O–H groups in total. The maximum absolute atomic E-state index is 11.6. The van der Waals surface area contributed by atoms with Crippen LogP contribution in [0.15, 0.2) is 46.9 Å². The van der Waals surface area contributed by atoms with Crippen molar-refractivity contribution >= 4 is 33.5 Å². The zero-order valence-corrected chi connectivity index (χ0v) is 13.7. The molecule has 2 aromatic carbocycles. The first-order valence-electron chi connectivity index (χ1n) is 6.32. The van der Waals surface area contributed by atoms with Crippen molar-refractivity contribution < 1.29 is 14.6 Å². The van der Waals surface area contributed by atoms with Crippen LogP contribution in [0.4, 0.5) is 0 Å². The van der Waals surface area contributed by atoms with Gasteiger partial charge in [0.15, 0.2) is 0 Å². The van der Waals surface area contributed by atoms with Gasteiger partial charge in [-0.25, -0.2) is 0 Å². The topological polar surface area (TPSA) is 46.5 Å². The number of benzene rings is 2. The quantitative estimate of drug-likeness (QED) is 0.843. The van der Waals surface area contributed by atoms with Crippen LogP contribution in [0.2, 0.25) is 5.02 Å². The van der Waals surface area contributed by atoms with Gasteiger partial charge in [0.1, 0.15) is 5.75 Å². The molecule has 0 aliphatic carbocycles. The molecule has 0 fully saturated rings. The predicted octanol–water partition coefficient (Wildman–Crippen LogP) is 4.52. The van der Waals surface area contributed by atoms with E-state index in [1.165, 1.54) is 0 Å². The zero-order valence-electron chi connectivity index (χ0n) is 11.3. The number of ether oxygens (including phenoxy) is 1. The van der Waals surface area contributed by atoms with Gasteiger partial charge < -0.3 is 9.84 Å². The van der Waals surface area contributed by atoms with Crippen LogP contribution in [0, 0.1) is 0 Å². The number of hydrogen-bond donors (Lipinski definition) is 1. The van der Waals surface area contributed by atoms with Gasteiger partial charge in [-0.15, -0.1) is 0 Å². The van der Waals surface area contributed by atoms with E-state index in [0.717, 1.165) is 10.0 Å². The second kappa shape index (κ2) is 6.96. The Morgan fingerprint density at radius 2 is 1.95 bits per heavy atom. The molecule has 0 heterocycles. The summed E-state index contributed by atoms with van der Waals surface area (Å²) in [5, 5.41) is 10.1. The average Bonchev–Trinajstić information content (AvgIpc) is 2.46. The third kappa shape index (κ3) is 3.99. The van der Waals surface area contributed by atoms with Crippen LogP contribution < -0.4 is 4.74 Å². The Kier molecular flexibility index (Phi) is 5.26. The van der Waals surface area contributed by atoms with Crippen molar-refractivity contribution in [3.63, 3.8) is 0 Å². The van der Waals surface area contributed by atoms with Crippen molar-refractivity contribution in [1.82, 2.24) is 0 Å². The first-order chi connectivity index (χ1) is 10.0. The largest absolute Gasteiger partial charge is 0.496 e. The van der Waals surface area contributed by atoms with Crippen molar-refractivity contribution in [2.24, 2.45) is 0 Å². The molecule has 0 saturated carbocycles. The molecule has 110 valence electrons. The molecule has 5 heteroatoms. The molecule has 0 saturated heterocycles. The summed E-state index contributed by atoms with van der Waals surface area (Å²) >= 11 is 9.25. The minimum atomic E-state index is -0.876. The summed E-state index contributed by atoms with van der Waals surface area (Å²) < 4.78 is 6.19. The average molecular weight is 370 g/mol. The maximum Gasteiger partial charge on any atom is 0.311 e. The van der Waals surface area contributed by atoms with Crippen molar-refractivity contribution in [3.05, 3.63) is 63.1 Å². The van der Waals surface area contributed by atoms with Gasteiger partial charge in [0.05, 0.1) is 13.0 Å². The molecule has 0 radical (unpaired) electrons. The summed E-state index contributed by atoms with van der Waals surface area (Å²) in [5.41, 5.74) is 1.56. The molecule has 0 aliphatic rings. The molecule has 0 bridgehead atoms. The van der Waals surface area contributed by atoms with Crippen molar-refractivity contribution in [2.75, 3.05) is 7.11 Å². The monoisotopic (exact) mass is 368 g/mol. The highest BCUT2D eigenvalue weighted by Gasteiger charge is 2.22. The molecule has 0 amide bonds. The van der Waals surface area contributed by atoms with Gasteiger partial charge in [-0.1, -0.05) is 39.7 Å². The smallest absolute Gasteiger partial charge is 0.311 e. The summed E-state index contributed by atoms with van der Waals surface area (Å²) in [6, 6.07) is 12.4. The summed E-state index contributed by atoms with van der Waals surface area (Å²) in [6.07, 6.45) is 0.347. The molecule has 2 aromatic rings. The summed E-state index contributed by atoms with van der Waals surface area (Å²) in [5.74, 6) is -0.844. The van der Waals surface area contributed by atoms with Crippen LogP contribution in [0.3, 0.4) is 0 Å². The van der Waals surface area contributed by atoms with E-state index >= 15 is 0 Å². The fourth-order valence-corrected chi connectivity index (χ4v) is 2.70. The van der Waals surface area contributed by atoms with E-state index in [2.05, 4.69) is 15.9 Å². The third-order valence-electron chi connectivity index (χ3n) is 3.24. The molecule has 1 atom stereocenters. The van der Waals surface area contributed by atoms with Gasteiger partial charge in [0.2, 0.25) is 0 Å². The number of rotatable bonds is 5. The number of hydrogen-bond acceptors (Lipinski definition) is 2. The highest BCUT2D eigenvalue weighted by atomic mass is 79.9. The first kappa shape index (κ1) is 15.9. The van der Waals surface area contributed by atoms with Crippen LogP contribution >= 0.6 is 27.5 Å². The van der Waals surface area contributed by atoms with Crippen LogP contribution in [0.1, 0.15) is 17.0 Å². The Morgan fingerprint density at radius 1 is 1.29 bits per heavy atom. The van der Waals surface area contributed by atoms with Crippen molar-refractivity contribution in [2.45, 2.75) is 12.3 Å². The van der Waals surface area contributed by atoms with E-state index in [1.54, 1.807) is 31.4 Å². The van der Waals surface area contributed by atoms with E-state index < -0.39 is 11.9 Å². The Morgan fingerprint density at radius 3 is 2.52 bits per heavy atom. The Hall–Kier alpha value is -1.52. The second-order valence-corrected chi connectivity index (χ2v) is 5.95. The van der Waals surface area contributed by atoms with E-state index in [1.807, 2.05) is 18.2 Å². The van der Waals surface area contributed by atoms with Gasteiger partial charge >= 0.3 is 5.97 Å². The Labute approximate surface area is 136 Å². The molecule has 21 heavy (non-hydrogen) atoms. The highest BCUT2D eigenvalue weighted by Crippen LogP contribution is 2.29. The molecular formula is C16H14BrClO3. The normalized spacial score (nSPS) is 12.0. The van der Waals surface area contributed by atoms with Crippen LogP contribution in [0.5, 0.6) is 5.75 Å². The van der Waals surface area contributed by atoms with E-state index in [9.17, 15) is 9.90 Å². The second-order valence-electron chi connectivity index (χ2n) is 4.60. The number of carboxylic acids is 1. The first-order valence-corrected chi connectivity index (χ1v) is 7.49. The lowest BCUT2D eigenvalue weighted by atomic mass is 9.92. The molecule has 2 rings (SSSR count). The van der Waals surface area contributed by atoms with Crippen LogP contribution in [-0.4, -0.2) is 18.2 Å². The van der Waals surface area contributed by atoms with Crippen molar-refractivity contribution in [1.29, 1.82) is 0 Å². The lowest BCUT2D eigenvalue weighted by molar-refractivity contribution is -0.138. The summed E-state index contributed by atoms with van der Waals surface area (Å²) in [6.45, 7) is 0. The summed E-state index contributed by atoms with van der Waals surface area (Å²) in [7, 11) is 1.57. The van der Waals surface area contributed by atoms with Gasteiger partial charge in [-0.2, -0.15) is 0 Å². The van der Waals surface area contributed by atoms with Crippen LogP contribution in [0.25, 0.3) is 0 Å². The number of aliphatic carboxylic acids is 1. The predicted molar refractivity (Wildman–Crippen MR) is 86.2 cm³/mol. The SMILES string of the molecule is COc1ccc(Br)cc1CC(C(=O)O)c1ccc(Cl)cc1. The fourth-order valence-electron chi connectivity index (χ4n) is 2.17. The van der Waals surface area contributed by atoms with Gasteiger partial charge in [0.25, 0.3) is 0 Å². The minimum Gasteiger partial charge on any atom is -0.496 e. The van der Waals surface area contributed by atoms with E-state index in [0.29, 0.717) is 22.8 Å². The standard InChI is InChI=1S/C16H14BrClO3/c1-21-15-7-4-12(17)8-11(15)9-14(16(19)20)10-2-5-13(18)6-3-10/h2-8,14H,9H2,1H3,(H,19,20). The highest BCUT2D eigenvalue weighted by molar-refractivity contribution is 9.10.